The van der Waals surface area contributed by atoms with E-state index in [-0.39, 0.29) is 17.2 Å². The van der Waals surface area contributed by atoms with E-state index < -0.39 is 0 Å². The van der Waals surface area contributed by atoms with Crippen molar-refractivity contribution < 1.29 is 0 Å². The molecule has 166 valence electrons. The van der Waals surface area contributed by atoms with E-state index in [1.54, 1.807) is 16.7 Å². The second-order valence-electron chi connectivity index (χ2n) is 9.51. The molecular formula is C25H29N5O2. The number of nitrogens with zero attached hydrogens (tertiary/aromatic N) is 4. The van der Waals surface area contributed by atoms with Crippen molar-refractivity contribution in [2.45, 2.75) is 57.3 Å². The third kappa shape index (κ3) is 3.49. The molecule has 3 aromatic rings. The Morgan fingerprint density at radius 2 is 1.78 bits per heavy atom. The number of nitrogens with one attached hydrogen (secondary N) is 1. The molecule has 2 aliphatic heterocycles. The molecule has 0 aromatic carbocycles. The van der Waals surface area contributed by atoms with Gasteiger partial charge >= 0.3 is 0 Å². The summed E-state index contributed by atoms with van der Waals surface area (Å²) >= 11 is 0. The minimum atomic E-state index is -0.0255. The summed E-state index contributed by atoms with van der Waals surface area (Å²) in [6, 6.07) is 9.66. The smallest absolute Gasteiger partial charge is 0.252 e. The summed E-state index contributed by atoms with van der Waals surface area (Å²) in [5.74, 6) is 0. The van der Waals surface area contributed by atoms with Gasteiger partial charge in [0.2, 0.25) is 0 Å². The molecule has 32 heavy (non-hydrogen) atoms. The number of aryl methyl sites for hydroxylation is 2. The topological polar surface area (TPSA) is 72.2 Å². The Bertz CT molecular complexity index is 1280. The maximum absolute atomic E-state index is 12.6. The van der Waals surface area contributed by atoms with Crippen molar-refractivity contribution in [3.05, 3.63) is 74.1 Å². The van der Waals surface area contributed by atoms with Gasteiger partial charge in [0.05, 0.1) is 11.7 Å². The molecule has 0 bridgehead atoms. The Kier molecular flexibility index (Phi) is 4.96. The van der Waals surface area contributed by atoms with Crippen LogP contribution in [0.3, 0.4) is 0 Å². The Morgan fingerprint density at radius 1 is 1.00 bits per heavy atom. The Labute approximate surface area is 186 Å². The molecule has 5 heterocycles. The molecule has 3 aliphatic rings. The molecular weight excluding hydrogens is 402 g/mol. The quantitative estimate of drug-likeness (QED) is 0.668. The molecule has 0 amide bonds. The predicted molar refractivity (Wildman–Crippen MR) is 124 cm³/mol. The average molecular weight is 432 g/mol. The lowest BCUT2D eigenvalue weighted by Crippen LogP contribution is -2.44. The van der Waals surface area contributed by atoms with Gasteiger partial charge in [-0.1, -0.05) is 0 Å². The van der Waals surface area contributed by atoms with Gasteiger partial charge in [0.25, 0.3) is 11.1 Å². The number of likely N-dealkylation sites (tertiary alicyclic amines) is 1. The van der Waals surface area contributed by atoms with E-state index in [0.717, 1.165) is 55.7 Å². The fraction of sp³-hybridized carbons (Fsp3) is 0.480. The third-order valence-corrected chi connectivity index (χ3v) is 7.48. The molecule has 0 saturated carbocycles. The summed E-state index contributed by atoms with van der Waals surface area (Å²) in [7, 11) is 0. The van der Waals surface area contributed by atoms with Crippen molar-refractivity contribution in [2.24, 2.45) is 0 Å². The van der Waals surface area contributed by atoms with E-state index in [1.165, 1.54) is 30.4 Å². The number of fused-ring (bicyclic) bond motifs is 1. The minimum absolute atomic E-state index is 0.0152. The van der Waals surface area contributed by atoms with Crippen LogP contribution in [0.1, 0.15) is 42.1 Å². The standard InChI is InChI=1S/C25H29N5O2/c31-23-6-4-17-5-7-24(32)30-22(16-29(23)25(17)30)15-28-10-8-20(9-11-28)27-14-21-12-18-2-1-3-19(18)13-26-21/h4-7,12-13,20,22,27H,1-3,8-11,14-16H2. The molecule has 7 nitrogen and oxygen atoms in total. The normalized spacial score (nSPS) is 20.8. The van der Waals surface area contributed by atoms with Gasteiger partial charge in [-0.15, -0.1) is 0 Å². The lowest BCUT2D eigenvalue weighted by Gasteiger charge is -2.34. The monoisotopic (exact) mass is 431 g/mol. The summed E-state index contributed by atoms with van der Waals surface area (Å²) in [6.07, 6.45) is 7.86. The maximum Gasteiger partial charge on any atom is 0.252 e. The third-order valence-electron chi connectivity index (χ3n) is 7.48. The maximum atomic E-state index is 12.6. The number of hydrogen-bond acceptors (Lipinski definition) is 5. The number of pyridine rings is 3. The molecule has 1 N–H and O–H groups in total. The van der Waals surface area contributed by atoms with E-state index in [9.17, 15) is 9.59 Å². The highest BCUT2D eigenvalue weighted by atomic mass is 16.1. The second kappa shape index (κ2) is 7.98. The van der Waals surface area contributed by atoms with E-state index in [0.29, 0.717) is 12.6 Å². The van der Waals surface area contributed by atoms with Crippen molar-refractivity contribution >= 4 is 11.0 Å². The predicted octanol–water partition coefficient (Wildman–Crippen LogP) is 1.86. The first-order chi connectivity index (χ1) is 15.7. The highest BCUT2D eigenvalue weighted by Crippen LogP contribution is 2.25. The molecule has 1 aliphatic carbocycles. The van der Waals surface area contributed by atoms with Gasteiger partial charge in [-0.25, -0.2) is 0 Å². The number of piperidine rings is 1. The van der Waals surface area contributed by atoms with Gasteiger partial charge in [0.15, 0.2) is 0 Å². The van der Waals surface area contributed by atoms with E-state index in [2.05, 4.69) is 27.5 Å². The van der Waals surface area contributed by atoms with Crippen molar-refractivity contribution in [2.75, 3.05) is 19.6 Å². The summed E-state index contributed by atoms with van der Waals surface area (Å²) in [5, 5.41) is 4.65. The van der Waals surface area contributed by atoms with Crippen LogP contribution in [0.2, 0.25) is 0 Å². The second-order valence-corrected chi connectivity index (χ2v) is 9.51. The van der Waals surface area contributed by atoms with Gasteiger partial charge < -0.3 is 10.2 Å². The van der Waals surface area contributed by atoms with Crippen LogP contribution in [-0.2, 0) is 25.9 Å². The number of aromatic nitrogens is 3. The summed E-state index contributed by atoms with van der Waals surface area (Å²) in [5.41, 5.74) is 4.78. The van der Waals surface area contributed by atoms with Crippen LogP contribution >= 0.6 is 0 Å². The molecule has 0 radical (unpaired) electrons. The Hall–Kier alpha value is -2.77. The molecule has 1 saturated heterocycles. The SMILES string of the molecule is O=c1ccc2ccc(=O)n3c2n1CC3CN1CCC(NCc2cc3c(cn2)CCC3)CC1. The summed E-state index contributed by atoms with van der Waals surface area (Å²) in [4.78, 5) is 32.1. The fourth-order valence-electron chi connectivity index (χ4n) is 5.76. The lowest BCUT2D eigenvalue weighted by atomic mass is 10.0. The van der Waals surface area contributed by atoms with Crippen LogP contribution < -0.4 is 16.4 Å². The summed E-state index contributed by atoms with van der Waals surface area (Å²) in [6.45, 7) is 4.22. The molecule has 6 rings (SSSR count). The summed E-state index contributed by atoms with van der Waals surface area (Å²) < 4.78 is 3.60. The van der Waals surface area contributed by atoms with Crippen LogP contribution in [0.4, 0.5) is 0 Å². The molecule has 7 heteroatoms. The van der Waals surface area contributed by atoms with Crippen LogP contribution in [0.25, 0.3) is 11.0 Å². The fourth-order valence-corrected chi connectivity index (χ4v) is 5.76. The van der Waals surface area contributed by atoms with E-state index in [4.69, 9.17) is 0 Å². The number of rotatable bonds is 5. The Morgan fingerprint density at radius 3 is 2.62 bits per heavy atom. The van der Waals surface area contributed by atoms with Crippen molar-refractivity contribution in [3.8, 4) is 0 Å². The zero-order valence-electron chi connectivity index (χ0n) is 18.3. The molecule has 1 unspecified atom stereocenters. The molecule has 3 aromatic heterocycles. The average Bonchev–Trinajstić information content (AvgIpc) is 3.43. The van der Waals surface area contributed by atoms with Crippen molar-refractivity contribution in [1.82, 2.24) is 24.3 Å². The first kappa shape index (κ1) is 19.9. The van der Waals surface area contributed by atoms with Crippen LogP contribution in [-0.4, -0.2) is 44.7 Å². The van der Waals surface area contributed by atoms with Gasteiger partial charge in [-0.05, 0) is 74.5 Å². The lowest BCUT2D eigenvalue weighted by molar-refractivity contribution is 0.171. The van der Waals surface area contributed by atoms with Gasteiger partial charge in [0, 0.05) is 49.4 Å². The van der Waals surface area contributed by atoms with Gasteiger partial charge in [-0.3, -0.25) is 23.7 Å². The van der Waals surface area contributed by atoms with Crippen molar-refractivity contribution in [3.63, 3.8) is 0 Å². The number of hydrogen-bond donors (Lipinski definition) is 1. The van der Waals surface area contributed by atoms with Crippen molar-refractivity contribution in [1.29, 1.82) is 0 Å². The van der Waals surface area contributed by atoms with Crippen LogP contribution in [0.15, 0.2) is 46.1 Å². The van der Waals surface area contributed by atoms with E-state index >= 15 is 0 Å². The van der Waals surface area contributed by atoms with E-state index in [1.807, 2.05) is 16.7 Å². The van der Waals surface area contributed by atoms with Gasteiger partial charge in [0.1, 0.15) is 5.65 Å². The first-order valence-corrected chi connectivity index (χ1v) is 11.8. The molecule has 1 atom stereocenters. The highest BCUT2D eigenvalue weighted by Gasteiger charge is 2.29. The Balaban J connectivity index is 1.07. The zero-order valence-corrected chi connectivity index (χ0v) is 18.3. The van der Waals surface area contributed by atoms with Crippen LogP contribution in [0.5, 0.6) is 0 Å². The molecule has 0 spiro atoms. The van der Waals surface area contributed by atoms with Gasteiger partial charge in [-0.2, -0.15) is 0 Å². The highest BCUT2D eigenvalue weighted by molar-refractivity contribution is 5.76. The minimum Gasteiger partial charge on any atom is -0.308 e. The first-order valence-electron chi connectivity index (χ1n) is 11.8. The largest absolute Gasteiger partial charge is 0.308 e. The zero-order chi connectivity index (χ0) is 21.7. The molecule has 1 fully saturated rings. The van der Waals surface area contributed by atoms with Crippen LogP contribution in [0, 0.1) is 0 Å².